The molecule has 20 heavy (non-hydrogen) atoms. The summed E-state index contributed by atoms with van der Waals surface area (Å²) in [5, 5.41) is 2.88. The third-order valence-electron chi connectivity index (χ3n) is 3.16. The first-order valence-corrected chi connectivity index (χ1v) is 6.42. The Morgan fingerprint density at radius 2 is 1.75 bits per heavy atom. The number of benzene rings is 2. The minimum atomic E-state index is -0.135. The van der Waals surface area contributed by atoms with Crippen LogP contribution >= 0.6 is 0 Å². The molecule has 0 aliphatic carbocycles. The van der Waals surface area contributed by atoms with Gasteiger partial charge in [0, 0.05) is 36.7 Å². The van der Waals surface area contributed by atoms with Crippen LogP contribution in [0.5, 0.6) is 0 Å². The van der Waals surface area contributed by atoms with Gasteiger partial charge in [-0.2, -0.15) is 0 Å². The number of carbonyl (C=O) groups excluding carboxylic acids is 1. The summed E-state index contributed by atoms with van der Waals surface area (Å²) in [6.07, 6.45) is 0. The van der Waals surface area contributed by atoms with Crippen LogP contribution in [0.3, 0.4) is 0 Å². The molecule has 104 valence electrons. The molecule has 2 aromatic rings. The molecule has 2 aromatic carbocycles. The molecule has 2 rings (SSSR count). The van der Waals surface area contributed by atoms with E-state index in [-0.39, 0.29) is 5.91 Å². The van der Waals surface area contributed by atoms with Gasteiger partial charge in [0.2, 0.25) is 0 Å². The van der Waals surface area contributed by atoms with Crippen LogP contribution in [-0.2, 0) is 0 Å². The quantitative estimate of drug-likeness (QED) is 0.842. The summed E-state index contributed by atoms with van der Waals surface area (Å²) in [6.45, 7) is 1.93. The number of nitrogens with one attached hydrogen (secondary N) is 1. The predicted octanol–water partition coefficient (Wildman–Crippen LogP) is 2.90. The highest BCUT2D eigenvalue weighted by atomic mass is 16.1. The van der Waals surface area contributed by atoms with Gasteiger partial charge in [-0.3, -0.25) is 4.79 Å². The zero-order valence-corrected chi connectivity index (χ0v) is 12.0. The van der Waals surface area contributed by atoms with E-state index in [1.807, 2.05) is 62.3 Å². The van der Waals surface area contributed by atoms with Crippen LogP contribution in [0.15, 0.2) is 42.5 Å². The van der Waals surface area contributed by atoms with Crippen LogP contribution in [0.1, 0.15) is 15.9 Å². The van der Waals surface area contributed by atoms with E-state index in [0.29, 0.717) is 11.3 Å². The number of hydrogen-bond acceptors (Lipinski definition) is 3. The fraction of sp³-hybridized carbons (Fsp3) is 0.188. The van der Waals surface area contributed by atoms with Gasteiger partial charge in [-0.1, -0.05) is 6.07 Å². The van der Waals surface area contributed by atoms with E-state index in [2.05, 4.69) is 5.32 Å². The van der Waals surface area contributed by atoms with E-state index in [4.69, 9.17) is 5.73 Å². The molecule has 0 unspecified atom stereocenters. The first-order valence-electron chi connectivity index (χ1n) is 6.42. The maximum atomic E-state index is 12.2. The Hall–Kier alpha value is -2.49. The molecule has 1 amide bonds. The normalized spacial score (nSPS) is 10.2. The van der Waals surface area contributed by atoms with Gasteiger partial charge < -0.3 is 16.0 Å². The van der Waals surface area contributed by atoms with Crippen molar-refractivity contribution in [2.24, 2.45) is 0 Å². The number of nitrogens with zero attached hydrogens (tertiary/aromatic N) is 1. The second-order valence-corrected chi connectivity index (χ2v) is 4.97. The van der Waals surface area contributed by atoms with Gasteiger partial charge in [-0.05, 0) is 48.9 Å². The Morgan fingerprint density at radius 3 is 2.35 bits per heavy atom. The molecule has 0 fully saturated rings. The first-order chi connectivity index (χ1) is 9.47. The summed E-state index contributed by atoms with van der Waals surface area (Å²) < 4.78 is 0. The first kappa shape index (κ1) is 13.9. The van der Waals surface area contributed by atoms with Crippen LogP contribution < -0.4 is 16.0 Å². The zero-order chi connectivity index (χ0) is 14.7. The van der Waals surface area contributed by atoms with Gasteiger partial charge >= 0.3 is 0 Å². The van der Waals surface area contributed by atoms with E-state index in [1.165, 1.54) is 0 Å². The Balaban J connectivity index is 2.17. The minimum Gasteiger partial charge on any atom is -0.399 e. The number of nitrogens with two attached hydrogens (primary N) is 1. The van der Waals surface area contributed by atoms with E-state index in [1.54, 1.807) is 6.07 Å². The molecule has 4 nitrogen and oxygen atoms in total. The number of amides is 1. The lowest BCUT2D eigenvalue weighted by Crippen LogP contribution is -2.14. The van der Waals surface area contributed by atoms with Crippen molar-refractivity contribution < 1.29 is 4.79 Å². The van der Waals surface area contributed by atoms with E-state index in [0.717, 1.165) is 16.9 Å². The van der Waals surface area contributed by atoms with Crippen molar-refractivity contribution >= 4 is 23.0 Å². The van der Waals surface area contributed by atoms with Gasteiger partial charge in [0.05, 0.1) is 0 Å². The third kappa shape index (κ3) is 3.09. The van der Waals surface area contributed by atoms with Crippen LogP contribution in [-0.4, -0.2) is 20.0 Å². The van der Waals surface area contributed by atoms with Gasteiger partial charge in [0.1, 0.15) is 0 Å². The molecule has 0 aliphatic rings. The Morgan fingerprint density at radius 1 is 1.10 bits per heavy atom. The molecule has 0 aliphatic heterocycles. The van der Waals surface area contributed by atoms with E-state index in [9.17, 15) is 4.79 Å². The molecule has 0 saturated heterocycles. The van der Waals surface area contributed by atoms with Gasteiger partial charge in [-0.15, -0.1) is 0 Å². The summed E-state index contributed by atoms with van der Waals surface area (Å²) in [5.74, 6) is -0.135. The van der Waals surface area contributed by atoms with Crippen molar-refractivity contribution in [1.29, 1.82) is 0 Å². The van der Waals surface area contributed by atoms with Crippen LogP contribution in [0, 0.1) is 6.92 Å². The number of nitrogen functional groups attached to an aromatic ring is 1. The fourth-order valence-corrected chi connectivity index (χ4v) is 1.88. The zero-order valence-electron chi connectivity index (χ0n) is 12.0. The summed E-state index contributed by atoms with van der Waals surface area (Å²) >= 11 is 0. The Labute approximate surface area is 119 Å². The Bertz CT molecular complexity index is 618. The highest BCUT2D eigenvalue weighted by Gasteiger charge is 2.08. The average Bonchev–Trinajstić information content (AvgIpc) is 2.43. The predicted molar refractivity (Wildman–Crippen MR) is 84.3 cm³/mol. The standard InChI is InChI=1S/C16H19N3O/c1-11-4-7-13(17)10-15(11)18-16(20)12-5-8-14(9-6-12)19(2)3/h4-10H,17H2,1-3H3,(H,18,20). The van der Waals surface area contributed by atoms with E-state index >= 15 is 0 Å². The molecular weight excluding hydrogens is 250 g/mol. The summed E-state index contributed by atoms with van der Waals surface area (Å²) in [4.78, 5) is 14.2. The Kier molecular flexibility index (Phi) is 3.94. The monoisotopic (exact) mass is 269 g/mol. The van der Waals surface area contributed by atoms with Gasteiger partial charge in [0.15, 0.2) is 0 Å². The van der Waals surface area contributed by atoms with Crippen LogP contribution in [0.25, 0.3) is 0 Å². The van der Waals surface area contributed by atoms with Crippen molar-refractivity contribution in [3.8, 4) is 0 Å². The largest absolute Gasteiger partial charge is 0.399 e. The summed E-state index contributed by atoms with van der Waals surface area (Å²) in [7, 11) is 3.93. The molecular formula is C16H19N3O. The highest BCUT2D eigenvalue weighted by Crippen LogP contribution is 2.19. The van der Waals surface area contributed by atoms with Crippen molar-refractivity contribution in [3.05, 3.63) is 53.6 Å². The molecule has 3 N–H and O–H groups in total. The summed E-state index contributed by atoms with van der Waals surface area (Å²) in [6, 6.07) is 12.9. The molecule has 0 heterocycles. The number of rotatable bonds is 3. The lowest BCUT2D eigenvalue weighted by Gasteiger charge is -2.13. The molecule has 0 bridgehead atoms. The average molecular weight is 269 g/mol. The van der Waals surface area contributed by atoms with Crippen molar-refractivity contribution in [2.75, 3.05) is 30.0 Å². The second-order valence-electron chi connectivity index (χ2n) is 4.97. The third-order valence-corrected chi connectivity index (χ3v) is 3.16. The second kappa shape index (κ2) is 5.65. The fourth-order valence-electron chi connectivity index (χ4n) is 1.88. The molecule has 0 spiro atoms. The number of carbonyl (C=O) groups is 1. The topological polar surface area (TPSA) is 58.4 Å². The molecule has 0 saturated carbocycles. The van der Waals surface area contributed by atoms with Crippen molar-refractivity contribution in [3.63, 3.8) is 0 Å². The number of aryl methyl sites for hydroxylation is 1. The lowest BCUT2D eigenvalue weighted by atomic mass is 10.1. The molecule has 0 atom stereocenters. The molecule has 0 radical (unpaired) electrons. The maximum absolute atomic E-state index is 12.2. The summed E-state index contributed by atoms with van der Waals surface area (Å²) in [5.41, 5.74) is 9.78. The lowest BCUT2D eigenvalue weighted by molar-refractivity contribution is 0.102. The highest BCUT2D eigenvalue weighted by molar-refractivity contribution is 6.05. The number of hydrogen-bond donors (Lipinski definition) is 2. The SMILES string of the molecule is Cc1ccc(N)cc1NC(=O)c1ccc(N(C)C)cc1. The van der Waals surface area contributed by atoms with Crippen molar-refractivity contribution in [1.82, 2.24) is 0 Å². The van der Waals surface area contributed by atoms with Crippen LogP contribution in [0.2, 0.25) is 0 Å². The minimum absolute atomic E-state index is 0.135. The van der Waals surface area contributed by atoms with Crippen LogP contribution in [0.4, 0.5) is 17.1 Å². The number of anilines is 3. The van der Waals surface area contributed by atoms with Gasteiger partial charge in [-0.25, -0.2) is 0 Å². The molecule has 4 heteroatoms. The van der Waals surface area contributed by atoms with E-state index < -0.39 is 0 Å². The van der Waals surface area contributed by atoms with Gasteiger partial charge in [0.25, 0.3) is 5.91 Å². The molecule has 0 aromatic heterocycles. The van der Waals surface area contributed by atoms with Crippen molar-refractivity contribution in [2.45, 2.75) is 6.92 Å². The smallest absolute Gasteiger partial charge is 0.255 e. The maximum Gasteiger partial charge on any atom is 0.255 e.